The number of para-hydroxylation sites is 2. The van der Waals surface area contributed by atoms with E-state index >= 15 is 0 Å². The molecule has 0 spiro atoms. The second kappa shape index (κ2) is 14.5. The summed E-state index contributed by atoms with van der Waals surface area (Å²) in [5.74, 6) is 1.45. The first-order valence-electron chi connectivity index (χ1n) is 15.3. The highest BCUT2D eigenvalue weighted by Crippen LogP contribution is 2.29. The minimum Gasteiger partial charge on any atom is -0.496 e. The molecule has 41 heavy (non-hydrogen) atoms. The van der Waals surface area contributed by atoms with Crippen LogP contribution in [-0.2, 0) is 22.4 Å². The Hall–Kier alpha value is -3.36. The summed E-state index contributed by atoms with van der Waals surface area (Å²) in [6.45, 7) is 3.54. The van der Waals surface area contributed by atoms with E-state index in [0.717, 1.165) is 47.4 Å². The molecule has 5 rings (SSSR count). The summed E-state index contributed by atoms with van der Waals surface area (Å²) in [4.78, 5) is 32.1. The summed E-state index contributed by atoms with van der Waals surface area (Å²) in [6, 6.07) is 16.2. The Bertz CT molecular complexity index is 1280. The fourth-order valence-electron chi connectivity index (χ4n) is 6.63. The summed E-state index contributed by atoms with van der Waals surface area (Å²) in [6.07, 6.45) is 10.0. The number of aromatic nitrogens is 1. The van der Waals surface area contributed by atoms with Crippen LogP contribution in [0.5, 0.6) is 5.75 Å². The van der Waals surface area contributed by atoms with Crippen molar-refractivity contribution in [3.05, 3.63) is 65.9 Å². The molecule has 2 aliphatic rings. The lowest BCUT2D eigenvalue weighted by atomic mass is 9.82. The van der Waals surface area contributed by atoms with E-state index in [1.54, 1.807) is 7.11 Å². The third-order valence-electron chi connectivity index (χ3n) is 8.80. The Morgan fingerprint density at radius 3 is 2.68 bits per heavy atom. The lowest BCUT2D eigenvalue weighted by Gasteiger charge is -2.42. The Labute approximate surface area is 243 Å². The highest BCUT2D eigenvalue weighted by Gasteiger charge is 2.32. The molecule has 3 aromatic rings. The molecule has 1 aromatic heterocycles. The molecule has 8 nitrogen and oxygen atoms in total. The zero-order valence-corrected chi connectivity index (χ0v) is 24.3. The molecular formula is C33H45N5O3. The first kappa shape index (κ1) is 29.1. The van der Waals surface area contributed by atoms with Gasteiger partial charge in [0.05, 0.1) is 19.7 Å². The molecule has 2 unspecified atom stereocenters. The third-order valence-corrected chi connectivity index (χ3v) is 8.80. The molecule has 4 N–H and O–H groups in total. The summed E-state index contributed by atoms with van der Waals surface area (Å²) in [7, 11) is 1.65. The molecule has 2 aromatic carbocycles. The Morgan fingerprint density at radius 2 is 1.83 bits per heavy atom. The van der Waals surface area contributed by atoms with Gasteiger partial charge in [-0.1, -0.05) is 55.7 Å². The predicted molar refractivity (Wildman–Crippen MR) is 163 cm³/mol. The molecule has 8 heteroatoms. The van der Waals surface area contributed by atoms with E-state index in [0.29, 0.717) is 44.3 Å². The molecule has 0 bridgehead atoms. The minimum absolute atomic E-state index is 0.0285. The van der Waals surface area contributed by atoms with Crippen LogP contribution < -0.4 is 20.7 Å². The van der Waals surface area contributed by atoms with Crippen LogP contribution in [0, 0.1) is 5.92 Å². The molecule has 2 amide bonds. The van der Waals surface area contributed by atoms with Gasteiger partial charge in [-0.25, -0.2) is 0 Å². The Kier molecular flexibility index (Phi) is 10.3. The number of methoxy groups -OCH3 is 1. The number of ether oxygens (including phenoxy) is 1. The number of amides is 2. The third kappa shape index (κ3) is 7.89. The van der Waals surface area contributed by atoms with E-state index in [2.05, 4.69) is 38.0 Å². The van der Waals surface area contributed by atoms with Crippen LogP contribution in [0.15, 0.2) is 54.7 Å². The van der Waals surface area contributed by atoms with Crippen molar-refractivity contribution in [3.8, 4) is 5.75 Å². The fraction of sp³-hybridized carbons (Fsp3) is 0.515. The van der Waals surface area contributed by atoms with E-state index in [9.17, 15) is 9.59 Å². The quantitative estimate of drug-likeness (QED) is 0.271. The molecule has 220 valence electrons. The number of rotatable bonds is 12. The zero-order chi connectivity index (χ0) is 28.4. The van der Waals surface area contributed by atoms with Crippen molar-refractivity contribution in [1.29, 1.82) is 0 Å². The number of fused-ring (bicyclic) bond motifs is 1. The summed E-state index contributed by atoms with van der Waals surface area (Å²) in [5, 5.41) is 11.1. The molecule has 1 saturated carbocycles. The van der Waals surface area contributed by atoms with E-state index in [1.165, 1.54) is 32.1 Å². The highest BCUT2D eigenvalue weighted by atomic mass is 16.5. The van der Waals surface area contributed by atoms with Crippen LogP contribution in [0.3, 0.4) is 0 Å². The van der Waals surface area contributed by atoms with Crippen LogP contribution >= 0.6 is 0 Å². The van der Waals surface area contributed by atoms with Gasteiger partial charge >= 0.3 is 0 Å². The van der Waals surface area contributed by atoms with Crippen LogP contribution in [0.4, 0.5) is 0 Å². The number of hydrogen-bond acceptors (Lipinski definition) is 5. The number of nitrogens with zero attached hydrogens (tertiary/aromatic N) is 1. The molecule has 1 aliphatic carbocycles. The van der Waals surface area contributed by atoms with Gasteiger partial charge in [0.1, 0.15) is 5.75 Å². The highest BCUT2D eigenvalue weighted by molar-refractivity contribution is 5.83. The SMILES string of the molecule is COc1ccccc1CCC(=O)NCC(Cc1c[nH]c2ccccc12)NC(=O)CN1CCNCC1C1CCCCC1. The van der Waals surface area contributed by atoms with Gasteiger partial charge in [-0.15, -0.1) is 0 Å². The summed E-state index contributed by atoms with van der Waals surface area (Å²) < 4.78 is 5.43. The maximum absolute atomic E-state index is 13.5. The fourth-order valence-corrected chi connectivity index (χ4v) is 6.63. The average molecular weight is 560 g/mol. The van der Waals surface area contributed by atoms with Crippen molar-refractivity contribution in [3.63, 3.8) is 0 Å². The second-order valence-corrected chi connectivity index (χ2v) is 11.6. The van der Waals surface area contributed by atoms with Crippen molar-refractivity contribution in [2.24, 2.45) is 5.92 Å². The number of H-pyrrole nitrogens is 1. The van der Waals surface area contributed by atoms with Gasteiger partial charge in [0.25, 0.3) is 0 Å². The van der Waals surface area contributed by atoms with Crippen LogP contribution in [0.1, 0.15) is 49.7 Å². The number of carbonyl (C=O) groups is 2. The lowest BCUT2D eigenvalue weighted by Crippen LogP contribution is -2.58. The monoisotopic (exact) mass is 559 g/mol. The van der Waals surface area contributed by atoms with Gasteiger partial charge in [0.2, 0.25) is 11.8 Å². The number of benzene rings is 2. The average Bonchev–Trinajstić information content (AvgIpc) is 3.42. The van der Waals surface area contributed by atoms with Crippen LogP contribution in [-0.4, -0.2) is 73.6 Å². The molecule has 2 heterocycles. The zero-order valence-electron chi connectivity index (χ0n) is 24.3. The molecule has 2 atom stereocenters. The molecule has 1 aliphatic heterocycles. The molecule has 0 radical (unpaired) electrons. The van der Waals surface area contributed by atoms with Gasteiger partial charge in [-0.05, 0) is 54.9 Å². The lowest BCUT2D eigenvalue weighted by molar-refractivity contribution is -0.125. The number of piperazine rings is 1. The van der Waals surface area contributed by atoms with Crippen molar-refractivity contribution in [2.75, 3.05) is 39.8 Å². The number of carbonyl (C=O) groups excluding carboxylic acids is 2. The van der Waals surface area contributed by atoms with Gasteiger partial charge in [-0.3, -0.25) is 14.5 Å². The predicted octanol–water partition coefficient (Wildman–Crippen LogP) is 3.81. The topological polar surface area (TPSA) is 98.5 Å². The number of aromatic amines is 1. The smallest absolute Gasteiger partial charge is 0.234 e. The standard InChI is InChI=1S/C33H45N5O3/c1-41-31-14-8-5-11-25(31)15-16-32(39)36-21-27(19-26-20-35-29-13-7-6-12-28(26)29)37-33(40)23-38-18-17-34-22-30(38)24-9-3-2-4-10-24/h5-8,11-14,20,24,27,30,34-35H,2-4,9-10,15-19,21-23H2,1H3,(H,36,39)(H,37,40). The normalized spacial score (nSPS) is 19.1. The van der Waals surface area contributed by atoms with Crippen molar-refractivity contribution in [2.45, 2.75) is 63.5 Å². The number of hydrogen-bond donors (Lipinski definition) is 4. The molecular weight excluding hydrogens is 514 g/mol. The Morgan fingerprint density at radius 1 is 1.02 bits per heavy atom. The molecule has 1 saturated heterocycles. The number of aryl methyl sites for hydroxylation is 1. The summed E-state index contributed by atoms with van der Waals surface area (Å²) >= 11 is 0. The number of nitrogens with one attached hydrogen (secondary N) is 4. The second-order valence-electron chi connectivity index (χ2n) is 11.6. The maximum atomic E-state index is 13.5. The first-order chi connectivity index (χ1) is 20.1. The van der Waals surface area contributed by atoms with Gasteiger partial charge < -0.3 is 25.7 Å². The van der Waals surface area contributed by atoms with E-state index < -0.39 is 0 Å². The first-order valence-corrected chi connectivity index (χ1v) is 15.3. The van der Waals surface area contributed by atoms with Crippen molar-refractivity contribution in [1.82, 2.24) is 25.8 Å². The van der Waals surface area contributed by atoms with Crippen LogP contribution in [0.2, 0.25) is 0 Å². The maximum Gasteiger partial charge on any atom is 0.234 e. The van der Waals surface area contributed by atoms with E-state index in [4.69, 9.17) is 4.74 Å². The largest absolute Gasteiger partial charge is 0.496 e. The van der Waals surface area contributed by atoms with Crippen LogP contribution in [0.25, 0.3) is 10.9 Å². The van der Waals surface area contributed by atoms with E-state index in [-0.39, 0.29) is 17.9 Å². The Balaban J connectivity index is 1.21. The van der Waals surface area contributed by atoms with Gasteiger partial charge in [0, 0.05) is 55.7 Å². The van der Waals surface area contributed by atoms with Crippen molar-refractivity contribution < 1.29 is 14.3 Å². The molecule has 2 fully saturated rings. The minimum atomic E-state index is -0.215. The van der Waals surface area contributed by atoms with E-state index in [1.807, 2.05) is 42.6 Å². The van der Waals surface area contributed by atoms with Gasteiger partial charge in [-0.2, -0.15) is 0 Å². The van der Waals surface area contributed by atoms with Gasteiger partial charge in [0.15, 0.2) is 0 Å². The van der Waals surface area contributed by atoms with Crippen molar-refractivity contribution >= 4 is 22.7 Å². The summed E-state index contributed by atoms with van der Waals surface area (Å²) in [5.41, 5.74) is 3.22.